The smallest absolute Gasteiger partial charge is 0.261 e. The molecule has 0 bridgehead atoms. The summed E-state index contributed by atoms with van der Waals surface area (Å²) in [6, 6.07) is 8.73. The van der Waals surface area contributed by atoms with Gasteiger partial charge in [-0.2, -0.15) is 0 Å². The van der Waals surface area contributed by atoms with Crippen molar-refractivity contribution in [2.75, 3.05) is 11.8 Å². The van der Waals surface area contributed by atoms with Gasteiger partial charge >= 0.3 is 0 Å². The van der Waals surface area contributed by atoms with Gasteiger partial charge in [-0.25, -0.2) is 8.42 Å². The number of anilines is 1. The lowest BCUT2D eigenvalue weighted by Gasteiger charge is -2.12. The Bertz CT molecular complexity index is 867. The minimum atomic E-state index is -3.87. The van der Waals surface area contributed by atoms with E-state index in [9.17, 15) is 13.2 Å². The van der Waals surface area contributed by atoms with Gasteiger partial charge in [0.15, 0.2) is 0 Å². The lowest BCUT2D eigenvalue weighted by Crippen LogP contribution is -2.19. The second kappa shape index (κ2) is 6.78. The van der Waals surface area contributed by atoms with E-state index in [2.05, 4.69) is 10.0 Å². The third kappa shape index (κ3) is 3.96. The van der Waals surface area contributed by atoms with Crippen molar-refractivity contribution in [3.05, 3.63) is 57.6 Å². The molecule has 8 heteroatoms. The van der Waals surface area contributed by atoms with Gasteiger partial charge in [-0.3, -0.25) is 9.52 Å². The van der Waals surface area contributed by atoms with Crippen molar-refractivity contribution < 1.29 is 13.2 Å². The number of carbonyl (C=O) groups is 1. The highest BCUT2D eigenvalue weighted by Gasteiger charge is 2.18. The molecule has 5 nitrogen and oxygen atoms in total. The van der Waals surface area contributed by atoms with E-state index in [-0.39, 0.29) is 27.1 Å². The Morgan fingerprint density at radius 1 is 1.04 bits per heavy atom. The van der Waals surface area contributed by atoms with Crippen LogP contribution in [0.3, 0.4) is 0 Å². The quantitative estimate of drug-likeness (QED) is 0.862. The van der Waals surface area contributed by atoms with Crippen LogP contribution in [0.5, 0.6) is 0 Å². The number of hydrogen-bond acceptors (Lipinski definition) is 3. The van der Waals surface area contributed by atoms with Crippen molar-refractivity contribution in [3.63, 3.8) is 0 Å². The number of halogens is 2. The summed E-state index contributed by atoms with van der Waals surface area (Å²) in [7, 11) is -2.39. The van der Waals surface area contributed by atoms with Crippen LogP contribution < -0.4 is 10.0 Å². The average molecular weight is 373 g/mol. The normalized spacial score (nSPS) is 11.1. The molecular weight excluding hydrogens is 359 g/mol. The summed E-state index contributed by atoms with van der Waals surface area (Å²) in [6.45, 7) is 1.77. The zero-order valence-electron chi connectivity index (χ0n) is 12.4. The second-order valence-corrected chi connectivity index (χ2v) is 7.29. The van der Waals surface area contributed by atoms with Crippen molar-refractivity contribution in [3.8, 4) is 0 Å². The third-order valence-corrected chi connectivity index (χ3v) is 5.25. The summed E-state index contributed by atoms with van der Waals surface area (Å²) in [5, 5.41) is 2.98. The first-order valence-electron chi connectivity index (χ1n) is 6.55. The Hall–Kier alpha value is -1.76. The number of amides is 1. The molecule has 0 aliphatic rings. The first-order valence-corrected chi connectivity index (χ1v) is 8.79. The molecule has 2 aromatic carbocycles. The maximum Gasteiger partial charge on any atom is 0.261 e. The Morgan fingerprint density at radius 3 is 2.35 bits per heavy atom. The topological polar surface area (TPSA) is 75.3 Å². The van der Waals surface area contributed by atoms with Crippen LogP contribution in [0.15, 0.2) is 41.3 Å². The second-order valence-electron chi connectivity index (χ2n) is 4.79. The molecule has 0 radical (unpaired) electrons. The highest BCUT2D eigenvalue weighted by Crippen LogP contribution is 2.27. The van der Waals surface area contributed by atoms with Crippen LogP contribution in [0.4, 0.5) is 5.69 Å². The van der Waals surface area contributed by atoms with Gasteiger partial charge in [0.25, 0.3) is 15.9 Å². The first kappa shape index (κ1) is 17.6. The first-order chi connectivity index (χ1) is 10.7. The Morgan fingerprint density at radius 2 is 1.74 bits per heavy atom. The monoisotopic (exact) mass is 372 g/mol. The molecule has 0 fully saturated rings. The summed E-state index contributed by atoms with van der Waals surface area (Å²) in [5.41, 5.74) is 1.17. The molecule has 0 atom stereocenters. The Balaban J connectivity index is 2.40. The third-order valence-electron chi connectivity index (χ3n) is 3.15. The van der Waals surface area contributed by atoms with Gasteiger partial charge in [0.1, 0.15) is 0 Å². The lowest BCUT2D eigenvalue weighted by molar-refractivity contribution is 0.0963. The molecule has 0 aliphatic heterocycles. The van der Waals surface area contributed by atoms with Crippen LogP contribution in [0, 0.1) is 6.92 Å². The van der Waals surface area contributed by atoms with Crippen molar-refractivity contribution in [1.29, 1.82) is 0 Å². The molecule has 2 rings (SSSR count). The number of sulfonamides is 1. The summed E-state index contributed by atoms with van der Waals surface area (Å²) in [6.07, 6.45) is 0. The molecule has 0 saturated heterocycles. The van der Waals surface area contributed by atoms with Crippen LogP contribution in [0.2, 0.25) is 10.0 Å². The van der Waals surface area contributed by atoms with Crippen LogP contribution >= 0.6 is 23.2 Å². The van der Waals surface area contributed by atoms with Crippen molar-refractivity contribution in [1.82, 2.24) is 5.32 Å². The maximum atomic E-state index is 12.4. The minimum Gasteiger partial charge on any atom is -0.355 e. The SMILES string of the molecule is CNC(=O)c1ccc(Cl)c(NS(=O)(=O)c2ccc(C)c(Cl)c2)c1. The standard InChI is InChI=1S/C15H14Cl2N2O3S/c1-9-3-5-11(8-13(9)17)23(21,22)19-14-7-10(15(20)18-2)4-6-12(14)16/h3-8,19H,1-2H3,(H,18,20). The van der Waals surface area contributed by atoms with Gasteiger partial charge in [-0.15, -0.1) is 0 Å². The summed E-state index contributed by atoms with van der Waals surface area (Å²) < 4.78 is 27.2. The van der Waals surface area contributed by atoms with E-state index in [0.29, 0.717) is 5.02 Å². The predicted octanol–water partition coefficient (Wildman–Crippen LogP) is 3.46. The van der Waals surface area contributed by atoms with Crippen molar-refractivity contribution in [2.24, 2.45) is 0 Å². The zero-order chi connectivity index (χ0) is 17.2. The van der Waals surface area contributed by atoms with Crippen LogP contribution in [-0.4, -0.2) is 21.4 Å². The van der Waals surface area contributed by atoms with Gasteiger partial charge in [-0.1, -0.05) is 29.3 Å². The number of nitrogens with one attached hydrogen (secondary N) is 2. The molecule has 122 valence electrons. The van der Waals surface area contributed by atoms with E-state index in [0.717, 1.165) is 5.56 Å². The Labute approximate surface area is 144 Å². The molecule has 0 aliphatic carbocycles. The van der Waals surface area contributed by atoms with Gasteiger partial charge < -0.3 is 5.32 Å². The molecule has 0 heterocycles. The van der Waals surface area contributed by atoms with E-state index in [1.807, 2.05) is 0 Å². The summed E-state index contributed by atoms with van der Waals surface area (Å²) in [5.74, 6) is -0.347. The van der Waals surface area contributed by atoms with Gasteiger partial charge in [-0.05, 0) is 42.8 Å². The molecule has 0 spiro atoms. The van der Waals surface area contributed by atoms with Gasteiger partial charge in [0.2, 0.25) is 0 Å². The Kier molecular flexibility index (Phi) is 5.19. The number of aryl methyl sites for hydroxylation is 1. The molecule has 2 N–H and O–H groups in total. The number of hydrogen-bond donors (Lipinski definition) is 2. The predicted molar refractivity (Wildman–Crippen MR) is 91.8 cm³/mol. The molecular formula is C15H14Cl2N2O3S. The fraction of sp³-hybridized carbons (Fsp3) is 0.133. The number of carbonyl (C=O) groups excluding carboxylic acids is 1. The fourth-order valence-electron chi connectivity index (χ4n) is 1.83. The van der Waals surface area contributed by atoms with Gasteiger partial charge in [0, 0.05) is 17.6 Å². The van der Waals surface area contributed by atoms with Crippen molar-refractivity contribution in [2.45, 2.75) is 11.8 Å². The van der Waals surface area contributed by atoms with Crippen LogP contribution in [-0.2, 0) is 10.0 Å². The summed E-state index contributed by atoms with van der Waals surface area (Å²) >= 11 is 12.0. The van der Waals surface area contributed by atoms with Crippen LogP contribution in [0.25, 0.3) is 0 Å². The average Bonchev–Trinajstić information content (AvgIpc) is 2.51. The summed E-state index contributed by atoms with van der Waals surface area (Å²) in [4.78, 5) is 11.7. The highest BCUT2D eigenvalue weighted by molar-refractivity contribution is 7.92. The highest BCUT2D eigenvalue weighted by atomic mass is 35.5. The number of rotatable bonds is 4. The van der Waals surface area contributed by atoms with Gasteiger partial charge in [0.05, 0.1) is 15.6 Å². The fourth-order valence-corrected chi connectivity index (χ4v) is 3.40. The number of benzene rings is 2. The van der Waals surface area contributed by atoms with E-state index >= 15 is 0 Å². The molecule has 2 aromatic rings. The van der Waals surface area contributed by atoms with E-state index in [1.54, 1.807) is 13.0 Å². The largest absolute Gasteiger partial charge is 0.355 e. The van der Waals surface area contributed by atoms with E-state index in [4.69, 9.17) is 23.2 Å². The maximum absolute atomic E-state index is 12.4. The molecule has 0 saturated carbocycles. The zero-order valence-corrected chi connectivity index (χ0v) is 14.7. The minimum absolute atomic E-state index is 0.00881. The van der Waals surface area contributed by atoms with E-state index in [1.165, 1.54) is 37.4 Å². The molecule has 0 aromatic heterocycles. The molecule has 1 amide bonds. The van der Waals surface area contributed by atoms with Crippen molar-refractivity contribution >= 4 is 44.8 Å². The van der Waals surface area contributed by atoms with Crippen LogP contribution in [0.1, 0.15) is 15.9 Å². The molecule has 23 heavy (non-hydrogen) atoms. The molecule has 0 unspecified atom stereocenters. The van der Waals surface area contributed by atoms with E-state index < -0.39 is 10.0 Å². The lowest BCUT2D eigenvalue weighted by atomic mass is 10.2.